The summed E-state index contributed by atoms with van der Waals surface area (Å²) in [5.41, 5.74) is 11.9. The molecule has 8 aromatic carbocycles. The van der Waals surface area contributed by atoms with Gasteiger partial charge in [-0.15, -0.1) is 11.3 Å². The van der Waals surface area contributed by atoms with Gasteiger partial charge in [0, 0.05) is 37.2 Å². The lowest BCUT2D eigenvalue weighted by molar-refractivity contribution is 1.30. The van der Waals surface area contributed by atoms with Crippen molar-refractivity contribution in [3.8, 4) is 33.4 Å². The van der Waals surface area contributed by atoms with E-state index in [2.05, 4.69) is 195 Å². The summed E-state index contributed by atoms with van der Waals surface area (Å²) in [5.74, 6) is 0. The van der Waals surface area contributed by atoms with E-state index in [1.54, 1.807) is 5.19 Å². The van der Waals surface area contributed by atoms with Crippen LogP contribution in [0.15, 0.2) is 164 Å². The third-order valence-electron chi connectivity index (χ3n) is 12.4. The maximum absolute atomic E-state index is 2.58. The van der Waals surface area contributed by atoms with Gasteiger partial charge in [0.05, 0.1) is 0 Å². The minimum Gasteiger partial charge on any atom is -0.311 e. The molecule has 1 nitrogen and oxygen atoms in total. The van der Waals surface area contributed by atoms with Crippen molar-refractivity contribution >= 4 is 96.2 Å². The Labute approximate surface area is 322 Å². The third-order valence-corrected chi connectivity index (χ3v) is 20.7. The van der Waals surface area contributed by atoms with Crippen LogP contribution in [-0.4, -0.2) is 16.1 Å². The van der Waals surface area contributed by atoms with Gasteiger partial charge < -0.3 is 4.90 Å². The summed E-state index contributed by atoms with van der Waals surface area (Å²) in [5, 5.41) is 11.5. The van der Waals surface area contributed by atoms with Gasteiger partial charge in [0.2, 0.25) is 0 Å². The Morgan fingerprint density at radius 2 is 1.13 bits per heavy atom. The zero-order valence-corrected chi connectivity index (χ0v) is 33.8. The molecule has 9 aromatic rings. The van der Waals surface area contributed by atoms with Crippen molar-refractivity contribution in [2.75, 3.05) is 4.90 Å². The van der Waals surface area contributed by atoms with Gasteiger partial charge >= 0.3 is 0 Å². The molecule has 3 heterocycles. The topological polar surface area (TPSA) is 3.24 Å². The van der Waals surface area contributed by atoms with E-state index >= 15 is 0 Å². The van der Waals surface area contributed by atoms with E-state index in [9.17, 15) is 0 Å². The van der Waals surface area contributed by atoms with Crippen molar-refractivity contribution in [2.24, 2.45) is 0 Å². The van der Waals surface area contributed by atoms with Crippen molar-refractivity contribution in [1.82, 2.24) is 0 Å². The molecule has 0 bridgehead atoms. The molecule has 2 aliphatic rings. The smallest absolute Gasteiger partial charge is 0.116 e. The standard InChI is InChI=1S/C50H39NSSi2/c1-53(2)46-30-29-40-38-16-7-9-21-44(38)52-49(40)48(46)42-28-27-35(31-47(42)53)51(43-20-12-19-41-39-17-8-10-22-45(39)54(3,4)50(41)43)34-25-23-33(24-26-34)37-18-11-14-32-13-5-6-15-36(32)37/h5-31H,1-4H3. The number of nitrogens with zero attached hydrogens (tertiary/aromatic N) is 1. The summed E-state index contributed by atoms with van der Waals surface area (Å²) in [6.07, 6.45) is 0. The number of hydrogen-bond donors (Lipinski definition) is 0. The molecule has 0 saturated heterocycles. The molecule has 2 aliphatic heterocycles. The van der Waals surface area contributed by atoms with Crippen LogP contribution >= 0.6 is 11.3 Å². The van der Waals surface area contributed by atoms with Crippen LogP contribution in [0.25, 0.3) is 64.3 Å². The maximum atomic E-state index is 2.58. The average molecular weight is 742 g/mol. The summed E-state index contributed by atoms with van der Waals surface area (Å²) >= 11 is 1.96. The second-order valence-corrected chi connectivity index (χ2v) is 25.8. The highest BCUT2D eigenvalue weighted by atomic mass is 32.1. The quantitative estimate of drug-likeness (QED) is 0.162. The highest BCUT2D eigenvalue weighted by molar-refractivity contribution is 7.26. The number of anilines is 3. The molecule has 0 aliphatic carbocycles. The zero-order chi connectivity index (χ0) is 36.3. The van der Waals surface area contributed by atoms with E-state index < -0.39 is 16.1 Å². The minimum absolute atomic E-state index is 1.19. The largest absolute Gasteiger partial charge is 0.311 e. The van der Waals surface area contributed by atoms with Crippen LogP contribution in [-0.2, 0) is 0 Å². The van der Waals surface area contributed by atoms with Crippen LogP contribution in [0, 0.1) is 0 Å². The molecule has 1 aromatic heterocycles. The van der Waals surface area contributed by atoms with Gasteiger partial charge in [0.1, 0.15) is 16.1 Å². The summed E-state index contributed by atoms with van der Waals surface area (Å²) < 4.78 is 2.81. The molecule has 0 fully saturated rings. The monoisotopic (exact) mass is 741 g/mol. The van der Waals surface area contributed by atoms with Gasteiger partial charge in [-0.05, 0) is 101 Å². The van der Waals surface area contributed by atoms with Crippen molar-refractivity contribution in [2.45, 2.75) is 26.2 Å². The Morgan fingerprint density at radius 3 is 2.00 bits per heavy atom. The minimum atomic E-state index is -2.03. The van der Waals surface area contributed by atoms with Gasteiger partial charge in [0.25, 0.3) is 0 Å². The second kappa shape index (κ2) is 11.5. The molecular weight excluding hydrogens is 703 g/mol. The van der Waals surface area contributed by atoms with E-state index in [-0.39, 0.29) is 0 Å². The predicted molar refractivity (Wildman–Crippen MR) is 241 cm³/mol. The van der Waals surface area contributed by atoms with E-state index in [0.717, 1.165) is 0 Å². The molecule has 11 rings (SSSR count). The second-order valence-electron chi connectivity index (χ2n) is 16.1. The molecule has 54 heavy (non-hydrogen) atoms. The van der Waals surface area contributed by atoms with Gasteiger partial charge in [-0.3, -0.25) is 0 Å². The molecule has 0 atom stereocenters. The van der Waals surface area contributed by atoms with Crippen molar-refractivity contribution in [1.29, 1.82) is 0 Å². The zero-order valence-electron chi connectivity index (χ0n) is 30.9. The number of hydrogen-bond acceptors (Lipinski definition) is 2. The maximum Gasteiger partial charge on any atom is 0.116 e. The average Bonchev–Trinajstić information content (AvgIpc) is 3.78. The van der Waals surface area contributed by atoms with Crippen LogP contribution in [0.2, 0.25) is 26.2 Å². The lowest BCUT2D eigenvalue weighted by Crippen LogP contribution is -2.51. The number of rotatable bonds is 4. The van der Waals surface area contributed by atoms with Crippen LogP contribution in [0.4, 0.5) is 17.1 Å². The first-order valence-corrected chi connectivity index (χ1v) is 25.8. The number of benzene rings is 8. The van der Waals surface area contributed by atoms with Gasteiger partial charge in [-0.2, -0.15) is 0 Å². The lowest BCUT2D eigenvalue weighted by Gasteiger charge is -2.32. The molecule has 0 unspecified atom stereocenters. The van der Waals surface area contributed by atoms with Gasteiger partial charge in [-0.1, -0.05) is 154 Å². The number of thiophene rings is 1. The first-order valence-electron chi connectivity index (χ1n) is 19.0. The summed E-state index contributed by atoms with van der Waals surface area (Å²) in [6.45, 7) is 10.2. The Bertz CT molecular complexity index is 3000. The Balaban J connectivity index is 1.12. The Hall–Kier alpha value is -5.53. The molecule has 258 valence electrons. The van der Waals surface area contributed by atoms with Gasteiger partial charge in [0.15, 0.2) is 0 Å². The molecule has 0 radical (unpaired) electrons. The fourth-order valence-electron chi connectivity index (χ4n) is 9.83. The van der Waals surface area contributed by atoms with E-state index in [1.807, 2.05) is 11.3 Å². The summed E-state index contributed by atoms with van der Waals surface area (Å²) in [4.78, 5) is 2.58. The molecular formula is C50H39NSSi2. The molecule has 0 N–H and O–H groups in total. The van der Waals surface area contributed by atoms with Crippen molar-refractivity contribution in [3.63, 3.8) is 0 Å². The lowest BCUT2D eigenvalue weighted by atomic mass is 9.98. The molecule has 0 saturated carbocycles. The summed E-state index contributed by atoms with van der Waals surface area (Å²) in [7, 11) is -4.05. The molecule has 4 heteroatoms. The van der Waals surface area contributed by atoms with E-state index in [1.165, 1.54) is 96.9 Å². The Kier molecular flexibility index (Phi) is 6.80. The van der Waals surface area contributed by atoms with Crippen molar-refractivity contribution < 1.29 is 0 Å². The van der Waals surface area contributed by atoms with Gasteiger partial charge in [-0.25, -0.2) is 0 Å². The first kappa shape index (κ1) is 32.0. The number of fused-ring (bicyclic) bond motifs is 11. The van der Waals surface area contributed by atoms with Crippen LogP contribution in [0.1, 0.15) is 0 Å². The SMILES string of the molecule is C[Si]1(C)c2cc(N(c3ccc(-c4cccc5ccccc45)cc3)c3cccc4c3[Si](C)(C)c3ccccc3-4)ccc2-c2c1ccc1c2sc2ccccc21. The fourth-order valence-corrected chi connectivity index (χ4v) is 17.6. The molecule has 0 amide bonds. The highest BCUT2D eigenvalue weighted by Gasteiger charge is 2.42. The Morgan fingerprint density at radius 1 is 0.444 bits per heavy atom. The summed E-state index contributed by atoms with van der Waals surface area (Å²) in [6, 6.07) is 62.0. The van der Waals surface area contributed by atoms with Crippen LogP contribution in [0.3, 0.4) is 0 Å². The molecule has 0 spiro atoms. The highest BCUT2D eigenvalue weighted by Crippen LogP contribution is 2.45. The van der Waals surface area contributed by atoms with Crippen molar-refractivity contribution in [3.05, 3.63) is 164 Å². The first-order chi connectivity index (χ1) is 26.3. The third kappa shape index (κ3) is 4.42. The van der Waals surface area contributed by atoms with Crippen LogP contribution in [0.5, 0.6) is 0 Å². The fraction of sp³-hybridized carbons (Fsp3) is 0.0800. The van der Waals surface area contributed by atoms with E-state index in [0.29, 0.717) is 0 Å². The van der Waals surface area contributed by atoms with E-state index in [4.69, 9.17) is 0 Å². The van der Waals surface area contributed by atoms with Crippen LogP contribution < -0.4 is 25.6 Å². The normalized spacial score (nSPS) is 14.6. The predicted octanol–water partition coefficient (Wildman–Crippen LogP) is 12.0.